The minimum Gasteiger partial charge on any atom is -0.444 e. The van der Waals surface area contributed by atoms with Crippen molar-refractivity contribution in [2.75, 3.05) is 25.0 Å². The van der Waals surface area contributed by atoms with Gasteiger partial charge in [-0.1, -0.05) is 36.4 Å². The second-order valence-electron chi connectivity index (χ2n) is 6.70. The summed E-state index contributed by atoms with van der Waals surface area (Å²) in [6.45, 7) is 4.56. The first kappa shape index (κ1) is 16.1. The topological polar surface area (TPSA) is 53.6 Å². The molecule has 0 spiro atoms. The lowest BCUT2D eigenvalue weighted by Crippen LogP contribution is -2.57. The fraction of sp³-hybridized carbons (Fsp3) is 0.350. The van der Waals surface area contributed by atoms with E-state index >= 15 is 0 Å². The molecule has 0 unspecified atom stereocenters. The number of rotatable bonds is 4. The molecule has 2 aromatic rings. The van der Waals surface area contributed by atoms with Gasteiger partial charge in [-0.25, -0.2) is 4.79 Å². The highest BCUT2D eigenvalue weighted by Crippen LogP contribution is 2.24. The normalized spacial score (nSPS) is 17.4. The summed E-state index contributed by atoms with van der Waals surface area (Å²) >= 11 is 0. The molecule has 0 atom stereocenters. The molecule has 5 nitrogen and oxygen atoms in total. The zero-order valence-corrected chi connectivity index (χ0v) is 14.2. The van der Waals surface area contributed by atoms with Crippen molar-refractivity contribution >= 4 is 11.8 Å². The smallest absolute Gasteiger partial charge is 0.411 e. The van der Waals surface area contributed by atoms with Crippen molar-refractivity contribution in [3.8, 4) is 0 Å². The van der Waals surface area contributed by atoms with Crippen LogP contribution >= 0.6 is 0 Å². The van der Waals surface area contributed by atoms with Crippen LogP contribution in [0, 0.1) is 0 Å². The number of benzene rings is 2. The van der Waals surface area contributed by atoms with Crippen LogP contribution in [0.4, 0.5) is 10.5 Å². The molecule has 2 aliphatic heterocycles. The Morgan fingerprint density at radius 2 is 2.00 bits per heavy atom. The standard InChI is InChI=1S/C20H23N3O2/c24-20(25-14-15-4-2-1-3-5-15)22-18-7-6-17-13-23(19-11-21-12-19)9-8-16(17)10-18/h1-7,10,19,21H,8-9,11-14H2,(H,22,24). The summed E-state index contributed by atoms with van der Waals surface area (Å²) in [5, 5.41) is 6.17. The van der Waals surface area contributed by atoms with Crippen LogP contribution < -0.4 is 10.6 Å². The van der Waals surface area contributed by atoms with Gasteiger partial charge in [-0.15, -0.1) is 0 Å². The van der Waals surface area contributed by atoms with Crippen LogP contribution in [0.5, 0.6) is 0 Å². The third-order valence-corrected chi connectivity index (χ3v) is 4.98. The first-order chi connectivity index (χ1) is 12.3. The third kappa shape index (κ3) is 3.83. The molecular formula is C20H23N3O2. The van der Waals surface area contributed by atoms with Gasteiger partial charge in [-0.2, -0.15) is 0 Å². The van der Waals surface area contributed by atoms with E-state index in [2.05, 4.69) is 27.7 Å². The number of hydrogen-bond acceptors (Lipinski definition) is 4. The maximum absolute atomic E-state index is 12.0. The molecule has 0 aliphatic carbocycles. The minimum atomic E-state index is -0.415. The van der Waals surface area contributed by atoms with E-state index in [1.165, 1.54) is 11.1 Å². The quantitative estimate of drug-likeness (QED) is 0.901. The lowest BCUT2D eigenvalue weighted by Gasteiger charge is -2.41. The predicted molar refractivity (Wildman–Crippen MR) is 97.5 cm³/mol. The molecule has 2 aromatic carbocycles. The summed E-state index contributed by atoms with van der Waals surface area (Å²) in [7, 11) is 0. The van der Waals surface area contributed by atoms with E-state index < -0.39 is 6.09 Å². The number of ether oxygens (including phenoxy) is 1. The molecule has 0 saturated carbocycles. The minimum absolute atomic E-state index is 0.280. The van der Waals surface area contributed by atoms with Crippen LogP contribution in [-0.2, 0) is 24.3 Å². The van der Waals surface area contributed by atoms with Gasteiger partial charge in [0.2, 0.25) is 0 Å². The molecule has 1 saturated heterocycles. The zero-order chi connectivity index (χ0) is 17.1. The second-order valence-corrected chi connectivity index (χ2v) is 6.70. The Morgan fingerprint density at radius 3 is 2.76 bits per heavy atom. The summed E-state index contributed by atoms with van der Waals surface area (Å²) in [5.74, 6) is 0. The number of carbonyl (C=O) groups excluding carboxylic acids is 1. The van der Waals surface area contributed by atoms with E-state index in [-0.39, 0.29) is 6.61 Å². The lowest BCUT2D eigenvalue weighted by atomic mass is 9.96. The molecule has 4 rings (SSSR count). The van der Waals surface area contributed by atoms with E-state index in [0.29, 0.717) is 6.04 Å². The molecule has 1 fully saturated rings. The Morgan fingerprint density at radius 1 is 1.16 bits per heavy atom. The molecule has 0 aromatic heterocycles. The van der Waals surface area contributed by atoms with Crippen molar-refractivity contribution < 1.29 is 9.53 Å². The van der Waals surface area contributed by atoms with Crippen LogP contribution in [0.3, 0.4) is 0 Å². The van der Waals surface area contributed by atoms with Crippen molar-refractivity contribution in [1.29, 1.82) is 0 Å². The second kappa shape index (κ2) is 7.25. The SMILES string of the molecule is O=C(Nc1ccc2c(c1)CCN(C1CNC1)C2)OCc1ccccc1. The molecule has 0 radical (unpaired) electrons. The number of carbonyl (C=O) groups is 1. The number of anilines is 1. The van der Waals surface area contributed by atoms with Crippen LogP contribution in [0.1, 0.15) is 16.7 Å². The number of amides is 1. The monoisotopic (exact) mass is 337 g/mol. The molecule has 5 heteroatoms. The third-order valence-electron chi connectivity index (χ3n) is 4.98. The highest BCUT2D eigenvalue weighted by atomic mass is 16.5. The van der Waals surface area contributed by atoms with Crippen LogP contribution in [0.15, 0.2) is 48.5 Å². The number of nitrogens with one attached hydrogen (secondary N) is 2. The van der Waals surface area contributed by atoms with E-state index in [1.54, 1.807) is 0 Å². The maximum atomic E-state index is 12.0. The Kier molecular flexibility index (Phi) is 4.68. The molecule has 2 N–H and O–H groups in total. The average Bonchev–Trinajstić information content (AvgIpc) is 2.59. The Hall–Kier alpha value is -2.37. The molecule has 130 valence electrons. The predicted octanol–water partition coefficient (Wildman–Crippen LogP) is 2.77. The van der Waals surface area contributed by atoms with Gasteiger partial charge >= 0.3 is 6.09 Å². The highest BCUT2D eigenvalue weighted by Gasteiger charge is 2.27. The largest absolute Gasteiger partial charge is 0.444 e. The Bertz CT molecular complexity index is 744. The Balaban J connectivity index is 1.33. The lowest BCUT2D eigenvalue weighted by molar-refractivity contribution is 0.131. The molecule has 0 bridgehead atoms. The van der Waals surface area contributed by atoms with Gasteiger partial charge in [-0.3, -0.25) is 10.2 Å². The maximum Gasteiger partial charge on any atom is 0.411 e. The molecule has 2 aliphatic rings. The van der Waals surface area contributed by atoms with Crippen LogP contribution in [-0.4, -0.2) is 36.7 Å². The summed E-state index contributed by atoms with van der Waals surface area (Å²) in [4.78, 5) is 14.5. The molecular weight excluding hydrogens is 314 g/mol. The number of fused-ring (bicyclic) bond motifs is 1. The molecule has 2 heterocycles. The average molecular weight is 337 g/mol. The van der Waals surface area contributed by atoms with Crippen molar-refractivity contribution in [2.45, 2.75) is 25.6 Å². The number of nitrogens with zero attached hydrogens (tertiary/aromatic N) is 1. The summed E-state index contributed by atoms with van der Waals surface area (Å²) in [6, 6.07) is 16.5. The van der Waals surface area contributed by atoms with E-state index in [1.807, 2.05) is 36.4 Å². The van der Waals surface area contributed by atoms with Gasteiger partial charge in [-0.05, 0) is 35.2 Å². The van der Waals surface area contributed by atoms with Crippen LogP contribution in [0.25, 0.3) is 0 Å². The zero-order valence-electron chi connectivity index (χ0n) is 14.2. The van der Waals surface area contributed by atoms with E-state index in [4.69, 9.17) is 4.74 Å². The van der Waals surface area contributed by atoms with Gasteiger partial charge in [0.1, 0.15) is 6.61 Å². The first-order valence-electron chi connectivity index (χ1n) is 8.82. The summed E-state index contributed by atoms with van der Waals surface area (Å²) in [6.07, 6.45) is 0.613. The van der Waals surface area contributed by atoms with Crippen molar-refractivity contribution in [3.63, 3.8) is 0 Å². The van der Waals surface area contributed by atoms with Gasteiger partial charge in [0.05, 0.1) is 0 Å². The van der Waals surface area contributed by atoms with Gasteiger partial charge < -0.3 is 10.1 Å². The van der Waals surface area contributed by atoms with Gasteiger partial charge in [0, 0.05) is 37.9 Å². The summed E-state index contributed by atoms with van der Waals surface area (Å²) < 4.78 is 5.28. The van der Waals surface area contributed by atoms with Gasteiger partial charge in [0.15, 0.2) is 0 Å². The highest BCUT2D eigenvalue weighted by molar-refractivity contribution is 5.84. The van der Waals surface area contributed by atoms with Crippen LogP contribution in [0.2, 0.25) is 0 Å². The van der Waals surface area contributed by atoms with Crippen molar-refractivity contribution in [1.82, 2.24) is 10.2 Å². The molecule has 25 heavy (non-hydrogen) atoms. The summed E-state index contributed by atoms with van der Waals surface area (Å²) in [5.41, 5.74) is 4.47. The fourth-order valence-corrected chi connectivity index (χ4v) is 3.37. The Labute approximate surface area is 148 Å². The number of hydrogen-bond donors (Lipinski definition) is 2. The first-order valence-corrected chi connectivity index (χ1v) is 8.82. The van der Waals surface area contributed by atoms with E-state index in [9.17, 15) is 4.79 Å². The van der Waals surface area contributed by atoms with E-state index in [0.717, 1.165) is 43.9 Å². The van der Waals surface area contributed by atoms with Gasteiger partial charge in [0.25, 0.3) is 0 Å². The van der Waals surface area contributed by atoms with Crippen molar-refractivity contribution in [3.05, 3.63) is 65.2 Å². The van der Waals surface area contributed by atoms with Crippen molar-refractivity contribution in [2.24, 2.45) is 0 Å². The molecule has 1 amide bonds. The fourth-order valence-electron chi connectivity index (χ4n) is 3.37.